The first kappa shape index (κ1) is 21.0. The molecule has 1 fully saturated rings. The molecule has 0 spiro atoms. The van der Waals surface area contributed by atoms with E-state index in [0.29, 0.717) is 23.3 Å². The van der Waals surface area contributed by atoms with Gasteiger partial charge in [-0.1, -0.05) is 0 Å². The van der Waals surface area contributed by atoms with Crippen molar-refractivity contribution in [3.05, 3.63) is 51.8 Å². The second-order valence-corrected chi connectivity index (χ2v) is 8.37. The van der Waals surface area contributed by atoms with Gasteiger partial charge >= 0.3 is 5.91 Å². The van der Waals surface area contributed by atoms with E-state index in [4.69, 9.17) is 18.7 Å². The van der Waals surface area contributed by atoms with E-state index in [0.717, 1.165) is 3.57 Å². The first-order chi connectivity index (χ1) is 14.3. The summed E-state index contributed by atoms with van der Waals surface area (Å²) in [6, 6.07) is 6.34. The van der Waals surface area contributed by atoms with Crippen LogP contribution in [0.1, 0.15) is 24.4 Å². The van der Waals surface area contributed by atoms with Gasteiger partial charge in [-0.2, -0.15) is 0 Å². The number of carbonyl (C=O) groups excluding carboxylic acids is 1. The minimum absolute atomic E-state index is 0.0557. The summed E-state index contributed by atoms with van der Waals surface area (Å²) >= 11 is 2.02. The summed E-state index contributed by atoms with van der Waals surface area (Å²) in [5.74, 6) is -1.82. The third kappa shape index (κ3) is 4.56. The van der Waals surface area contributed by atoms with E-state index in [1.807, 2.05) is 22.6 Å². The lowest BCUT2D eigenvalue weighted by Gasteiger charge is -2.16. The summed E-state index contributed by atoms with van der Waals surface area (Å²) in [5, 5.41) is 3.48. The number of aromatic nitrogens is 1. The average Bonchev–Trinajstić information content (AvgIpc) is 3.24. The molecule has 2 aromatic heterocycles. The molecule has 4 rings (SSSR count). The number of hydrogen-bond acceptors (Lipinski definition) is 7. The Labute approximate surface area is 185 Å². The van der Waals surface area contributed by atoms with Gasteiger partial charge in [0.1, 0.15) is 29.8 Å². The Morgan fingerprint density at radius 3 is 2.97 bits per heavy atom. The van der Waals surface area contributed by atoms with Gasteiger partial charge in [0, 0.05) is 16.0 Å². The molecule has 158 valence electrons. The molecule has 0 radical (unpaired) electrons. The van der Waals surface area contributed by atoms with Crippen LogP contribution >= 0.6 is 22.6 Å². The van der Waals surface area contributed by atoms with Crippen molar-refractivity contribution < 1.29 is 27.9 Å². The van der Waals surface area contributed by atoms with Crippen molar-refractivity contribution in [3.63, 3.8) is 0 Å². The van der Waals surface area contributed by atoms with Gasteiger partial charge in [-0.25, -0.2) is 9.87 Å². The van der Waals surface area contributed by atoms with E-state index in [9.17, 15) is 9.18 Å². The lowest BCUT2D eigenvalue weighted by atomic mass is 10.2. The van der Waals surface area contributed by atoms with Crippen molar-refractivity contribution in [2.24, 2.45) is 0 Å². The molecular formula is C20H19FIN3O5. The molecule has 10 heteroatoms. The molecule has 1 aliphatic heterocycles. The number of pyridine rings is 1. The standard InChI is InChI=1S/C20H19FIN3O5/c1-20(2)27-9-12(30-20)10-28-25-19(26)18-17(13-8-23-6-5-16(13)29-18)24-15-4-3-11(22)7-14(15)21/h3-8,12,24H,9-10H2,1-2H3,(H,25,26)/t12-/m1/s1. The van der Waals surface area contributed by atoms with Crippen molar-refractivity contribution in [1.82, 2.24) is 10.5 Å². The Hall–Kier alpha value is -2.28. The summed E-state index contributed by atoms with van der Waals surface area (Å²) < 4.78 is 31.9. The van der Waals surface area contributed by atoms with Crippen LogP contribution in [-0.4, -0.2) is 36.0 Å². The second-order valence-electron chi connectivity index (χ2n) is 7.12. The second kappa shape index (κ2) is 8.46. The van der Waals surface area contributed by atoms with Crippen LogP contribution in [0.3, 0.4) is 0 Å². The predicted octanol–water partition coefficient (Wildman–Crippen LogP) is 4.13. The Morgan fingerprint density at radius 1 is 1.40 bits per heavy atom. The number of halogens is 2. The Kier molecular flexibility index (Phi) is 5.91. The zero-order chi connectivity index (χ0) is 21.3. The van der Waals surface area contributed by atoms with Crippen LogP contribution in [-0.2, 0) is 14.3 Å². The molecule has 30 heavy (non-hydrogen) atoms. The number of ether oxygens (including phenoxy) is 2. The monoisotopic (exact) mass is 527 g/mol. The number of benzene rings is 1. The highest BCUT2D eigenvalue weighted by atomic mass is 127. The van der Waals surface area contributed by atoms with Crippen LogP contribution in [0.2, 0.25) is 0 Å². The number of amides is 1. The van der Waals surface area contributed by atoms with Crippen LogP contribution < -0.4 is 10.8 Å². The number of hydroxylamine groups is 1. The summed E-state index contributed by atoms with van der Waals surface area (Å²) in [5.41, 5.74) is 3.27. The van der Waals surface area contributed by atoms with E-state index in [-0.39, 0.29) is 24.2 Å². The molecular weight excluding hydrogens is 508 g/mol. The quantitative estimate of drug-likeness (QED) is 0.368. The van der Waals surface area contributed by atoms with Gasteiger partial charge in [-0.05, 0) is 60.7 Å². The van der Waals surface area contributed by atoms with Crippen LogP contribution in [0.5, 0.6) is 0 Å². The number of furan rings is 1. The SMILES string of the molecule is CC1(C)OC[C@H](CONC(=O)c2oc3ccncc3c2Nc2ccc(I)cc2F)O1. The lowest BCUT2D eigenvalue weighted by molar-refractivity contribution is -0.147. The van der Waals surface area contributed by atoms with Gasteiger partial charge in [0.15, 0.2) is 5.79 Å². The highest BCUT2D eigenvalue weighted by Gasteiger charge is 2.33. The normalized spacial score (nSPS) is 17.9. The van der Waals surface area contributed by atoms with Gasteiger partial charge in [0.25, 0.3) is 0 Å². The summed E-state index contributed by atoms with van der Waals surface area (Å²) in [6.07, 6.45) is 2.77. The fourth-order valence-corrected chi connectivity index (χ4v) is 3.50. The van der Waals surface area contributed by atoms with E-state index < -0.39 is 17.5 Å². The molecule has 0 unspecified atom stereocenters. The fraction of sp³-hybridized carbons (Fsp3) is 0.300. The van der Waals surface area contributed by atoms with Crippen LogP contribution in [0.15, 0.2) is 41.1 Å². The van der Waals surface area contributed by atoms with E-state index in [1.165, 1.54) is 12.3 Å². The molecule has 0 saturated carbocycles. The van der Waals surface area contributed by atoms with Gasteiger partial charge in [-0.3, -0.25) is 14.6 Å². The molecule has 3 heterocycles. The van der Waals surface area contributed by atoms with Crippen molar-refractivity contribution in [2.75, 3.05) is 18.5 Å². The van der Waals surface area contributed by atoms with Crippen LogP contribution in [0, 0.1) is 9.39 Å². The molecule has 3 aromatic rings. The maximum absolute atomic E-state index is 14.3. The molecule has 1 saturated heterocycles. The maximum Gasteiger partial charge on any atom is 0.312 e. The number of nitrogens with one attached hydrogen (secondary N) is 2. The largest absolute Gasteiger partial charge is 0.448 e. The Morgan fingerprint density at radius 2 is 2.23 bits per heavy atom. The first-order valence-corrected chi connectivity index (χ1v) is 10.2. The van der Waals surface area contributed by atoms with Crippen LogP contribution in [0.25, 0.3) is 11.0 Å². The smallest absolute Gasteiger partial charge is 0.312 e. The molecule has 8 nitrogen and oxygen atoms in total. The van der Waals surface area contributed by atoms with Crippen molar-refractivity contribution in [3.8, 4) is 0 Å². The Balaban J connectivity index is 1.53. The first-order valence-electron chi connectivity index (χ1n) is 9.15. The predicted molar refractivity (Wildman–Crippen MR) is 115 cm³/mol. The molecule has 1 amide bonds. The molecule has 1 aromatic carbocycles. The van der Waals surface area contributed by atoms with Crippen molar-refractivity contribution in [2.45, 2.75) is 25.7 Å². The minimum Gasteiger partial charge on any atom is -0.448 e. The Bertz CT molecular complexity index is 1090. The molecule has 0 bridgehead atoms. The molecule has 2 N–H and O–H groups in total. The highest BCUT2D eigenvalue weighted by molar-refractivity contribution is 14.1. The van der Waals surface area contributed by atoms with Gasteiger partial charge in [0.05, 0.1) is 17.7 Å². The lowest BCUT2D eigenvalue weighted by Crippen LogP contribution is -2.30. The topological polar surface area (TPSA) is 94.9 Å². The molecule has 1 atom stereocenters. The van der Waals surface area contributed by atoms with E-state index >= 15 is 0 Å². The van der Waals surface area contributed by atoms with Gasteiger partial charge < -0.3 is 19.2 Å². The minimum atomic E-state index is -0.682. The fourth-order valence-electron chi connectivity index (χ4n) is 3.04. The summed E-state index contributed by atoms with van der Waals surface area (Å²) in [6.45, 7) is 4.06. The van der Waals surface area contributed by atoms with Crippen molar-refractivity contribution in [1.29, 1.82) is 0 Å². The molecule has 1 aliphatic rings. The number of hydrogen-bond donors (Lipinski definition) is 2. The zero-order valence-electron chi connectivity index (χ0n) is 16.2. The zero-order valence-corrected chi connectivity index (χ0v) is 18.4. The average molecular weight is 527 g/mol. The number of carbonyl (C=O) groups is 1. The van der Waals surface area contributed by atoms with Crippen LogP contribution in [0.4, 0.5) is 15.8 Å². The third-order valence-electron chi connectivity index (χ3n) is 4.39. The van der Waals surface area contributed by atoms with Gasteiger partial charge in [0.2, 0.25) is 5.76 Å². The number of nitrogens with zero attached hydrogens (tertiary/aromatic N) is 1. The molecule has 0 aliphatic carbocycles. The van der Waals surface area contributed by atoms with Crippen molar-refractivity contribution >= 4 is 50.8 Å². The van der Waals surface area contributed by atoms with E-state index in [2.05, 4.69) is 15.8 Å². The number of anilines is 2. The summed E-state index contributed by atoms with van der Waals surface area (Å²) in [7, 11) is 0. The van der Waals surface area contributed by atoms with E-state index in [1.54, 1.807) is 38.2 Å². The number of rotatable bonds is 6. The van der Waals surface area contributed by atoms with Gasteiger partial charge in [-0.15, -0.1) is 0 Å². The highest BCUT2D eigenvalue weighted by Crippen LogP contribution is 2.33. The maximum atomic E-state index is 14.3. The third-order valence-corrected chi connectivity index (χ3v) is 5.06. The number of fused-ring (bicyclic) bond motifs is 1. The summed E-state index contributed by atoms with van der Waals surface area (Å²) in [4.78, 5) is 22.1.